The number of nitrogens with zero attached hydrogens (tertiary/aromatic N) is 3. The standard InChI is InChI=1S/C54H37N3/c1-5-17-38(18-6-1)40-33-41(39-19-7-2-8-20-39)35-46(34-40)57-52-28-16-14-26-48(52)50-36-53-49(37-54(50)57)47-25-13-15-27-51(47)56(53)45-31-29-44(30-32-45)55(42-21-9-3-10-22-42)43-23-11-4-12-24-43/h1-37H. The molecule has 0 unspecified atom stereocenters. The van der Waals surface area contributed by atoms with Gasteiger partial charge in [0, 0.05) is 50.0 Å². The Bertz CT molecular complexity index is 3100. The lowest BCUT2D eigenvalue weighted by molar-refractivity contribution is 1.17. The van der Waals surface area contributed by atoms with Crippen molar-refractivity contribution in [2.75, 3.05) is 4.90 Å². The van der Waals surface area contributed by atoms with Crippen LogP contribution in [0, 0.1) is 0 Å². The van der Waals surface area contributed by atoms with E-state index < -0.39 is 0 Å². The molecule has 0 atom stereocenters. The van der Waals surface area contributed by atoms with Crippen LogP contribution in [0.2, 0.25) is 0 Å². The summed E-state index contributed by atoms with van der Waals surface area (Å²) >= 11 is 0. The number of anilines is 3. The summed E-state index contributed by atoms with van der Waals surface area (Å²) in [6.45, 7) is 0. The Kier molecular flexibility index (Phi) is 7.82. The summed E-state index contributed by atoms with van der Waals surface area (Å²) in [6, 6.07) is 81.1. The van der Waals surface area contributed by atoms with Gasteiger partial charge in [0.15, 0.2) is 0 Å². The van der Waals surface area contributed by atoms with Gasteiger partial charge >= 0.3 is 0 Å². The van der Waals surface area contributed by atoms with Gasteiger partial charge in [-0.3, -0.25) is 0 Å². The van der Waals surface area contributed by atoms with Crippen molar-refractivity contribution in [1.82, 2.24) is 9.13 Å². The van der Waals surface area contributed by atoms with Crippen molar-refractivity contribution in [2.45, 2.75) is 0 Å². The van der Waals surface area contributed by atoms with Gasteiger partial charge < -0.3 is 14.0 Å². The quantitative estimate of drug-likeness (QED) is 0.159. The van der Waals surface area contributed by atoms with Crippen LogP contribution in [0.15, 0.2) is 224 Å². The summed E-state index contributed by atoms with van der Waals surface area (Å²) in [7, 11) is 0. The summed E-state index contributed by atoms with van der Waals surface area (Å²) in [5.74, 6) is 0. The normalized spacial score (nSPS) is 11.5. The highest BCUT2D eigenvalue weighted by Gasteiger charge is 2.20. The fraction of sp³-hybridized carbons (Fsp3) is 0. The molecule has 11 aromatic rings. The Hall–Kier alpha value is -7.62. The minimum absolute atomic E-state index is 1.11. The van der Waals surface area contributed by atoms with Crippen LogP contribution in [-0.4, -0.2) is 9.13 Å². The van der Waals surface area contributed by atoms with Crippen molar-refractivity contribution < 1.29 is 0 Å². The van der Waals surface area contributed by atoms with Gasteiger partial charge in [-0.1, -0.05) is 133 Å². The Morgan fingerprint density at radius 1 is 0.246 bits per heavy atom. The molecule has 11 rings (SSSR count). The Labute approximate surface area is 331 Å². The highest BCUT2D eigenvalue weighted by Crippen LogP contribution is 2.42. The first-order chi connectivity index (χ1) is 28.3. The average Bonchev–Trinajstić information content (AvgIpc) is 3.79. The second kappa shape index (κ2) is 13.6. The molecule has 0 fully saturated rings. The number of fused-ring (bicyclic) bond motifs is 6. The predicted octanol–water partition coefficient (Wildman–Crippen LogP) is 14.7. The van der Waals surface area contributed by atoms with Crippen molar-refractivity contribution in [1.29, 1.82) is 0 Å². The molecule has 57 heavy (non-hydrogen) atoms. The Morgan fingerprint density at radius 2 is 0.632 bits per heavy atom. The molecule has 0 aliphatic carbocycles. The lowest BCUT2D eigenvalue weighted by atomic mass is 9.98. The van der Waals surface area contributed by atoms with Crippen molar-refractivity contribution >= 4 is 60.7 Å². The van der Waals surface area contributed by atoms with Crippen LogP contribution in [0.25, 0.3) is 77.2 Å². The lowest BCUT2D eigenvalue weighted by Gasteiger charge is -2.25. The van der Waals surface area contributed by atoms with Gasteiger partial charge in [0.25, 0.3) is 0 Å². The van der Waals surface area contributed by atoms with Gasteiger partial charge in [-0.2, -0.15) is 0 Å². The van der Waals surface area contributed by atoms with Crippen molar-refractivity contribution in [2.24, 2.45) is 0 Å². The van der Waals surface area contributed by atoms with Gasteiger partial charge in [-0.05, 0) is 113 Å². The number of aromatic nitrogens is 2. The van der Waals surface area contributed by atoms with E-state index in [1.807, 2.05) is 0 Å². The molecular formula is C54H37N3. The molecule has 0 bridgehead atoms. The van der Waals surface area contributed by atoms with E-state index in [2.05, 4.69) is 238 Å². The zero-order chi connectivity index (χ0) is 37.7. The largest absolute Gasteiger partial charge is 0.311 e. The van der Waals surface area contributed by atoms with Gasteiger partial charge in [0.1, 0.15) is 0 Å². The highest BCUT2D eigenvalue weighted by molar-refractivity contribution is 6.19. The third kappa shape index (κ3) is 5.60. The first-order valence-electron chi connectivity index (χ1n) is 19.5. The molecule has 0 N–H and O–H groups in total. The van der Waals surface area contributed by atoms with Crippen LogP contribution in [0.4, 0.5) is 17.1 Å². The highest BCUT2D eigenvalue weighted by atomic mass is 15.1. The summed E-state index contributed by atoms with van der Waals surface area (Å²) in [4.78, 5) is 2.31. The minimum Gasteiger partial charge on any atom is -0.311 e. The maximum atomic E-state index is 2.46. The van der Waals surface area contributed by atoms with Gasteiger partial charge in [0.05, 0.1) is 22.1 Å². The van der Waals surface area contributed by atoms with E-state index in [-0.39, 0.29) is 0 Å². The van der Waals surface area contributed by atoms with Gasteiger partial charge in [0.2, 0.25) is 0 Å². The van der Waals surface area contributed by atoms with Crippen LogP contribution in [0.5, 0.6) is 0 Å². The first-order valence-corrected chi connectivity index (χ1v) is 19.5. The molecule has 2 aromatic heterocycles. The zero-order valence-electron chi connectivity index (χ0n) is 31.2. The summed E-state index contributed by atoms with van der Waals surface area (Å²) in [6.07, 6.45) is 0. The Balaban J connectivity index is 1.13. The number of para-hydroxylation sites is 4. The number of benzene rings is 9. The fourth-order valence-corrected chi connectivity index (χ4v) is 8.67. The monoisotopic (exact) mass is 727 g/mol. The summed E-state index contributed by atoms with van der Waals surface area (Å²) in [5, 5.41) is 4.91. The van der Waals surface area contributed by atoms with Crippen molar-refractivity contribution in [3.05, 3.63) is 224 Å². The first kappa shape index (κ1) is 32.8. The molecule has 268 valence electrons. The van der Waals surface area contributed by atoms with Crippen LogP contribution >= 0.6 is 0 Å². The van der Waals surface area contributed by atoms with E-state index in [1.165, 1.54) is 65.9 Å². The third-order valence-electron chi connectivity index (χ3n) is 11.3. The number of hydrogen-bond donors (Lipinski definition) is 0. The van der Waals surface area contributed by atoms with E-state index in [4.69, 9.17) is 0 Å². The lowest BCUT2D eigenvalue weighted by Crippen LogP contribution is -2.09. The molecule has 3 heteroatoms. The van der Waals surface area contributed by atoms with E-state index >= 15 is 0 Å². The SMILES string of the molecule is c1ccc(-c2cc(-c3ccccc3)cc(-n3c4ccccc4c4cc5c(cc43)c3ccccc3n5-c3ccc(N(c4ccccc4)c4ccccc4)cc3)c2)cc1. The maximum Gasteiger partial charge on any atom is 0.0548 e. The van der Waals surface area contributed by atoms with E-state index in [0.717, 1.165) is 28.4 Å². The zero-order valence-corrected chi connectivity index (χ0v) is 31.2. The second-order valence-corrected chi connectivity index (χ2v) is 14.6. The van der Waals surface area contributed by atoms with E-state index in [9.17, 15) is 0 Å². The number of rotatable bonds is 7. The molecule has 0 saturated heterocycles. The van der Waals surface area contributed by atoms with Crippen molar-refractivity contribution in [3.8, 4) is 33.6 Å². The molecule has 0 saturated carbocycles. The molecule has 2 heterocycles. The molecule has 0 aliphatic rings. The van der Waals surface area contributed by atoms with E-state index in [0.29, 0.717) is 0 Å². The van der Waals surface area contributed by atoms with E-state index in [1.54, 1.807) is 0 Å². The van der Waals surface area contributed by atoms with Crippen LogP contribution in [-0.2, 0) is 0 Å². The van der Waals surface area contributed by atoms with Crippen LogP contribution in [0.3, 0.4) is 0 Å². The third-order valence-corrected chi connectivity index (χ3v) is 11.3. The van der Waals surface area contributed by atoms with Gasteiger partial charge in [-0.25, -0.2) is 0 Å². The topological polar surface area (TPSA) is 13.1 Å². The van der Waals surface area contributed by atoms with Crippen molar-refractivity contribution in [3.63, 3.8) is 0 Å². The Morgan fingerprint density at radius 3 is 1.11 bits per heavy atom. The number of hydrogen-bond acceptors (Lipinski definition) is 1. The smallest absolute Gasteiger partial charge is 0.0548 e. The van der Waals surface area contributed by atoms with Crippen LogP contribution < -0.4 is 4.90 Å². The maximum absolute atomic E-state index is 2.46. The molecule has 9 aromatic carbocycles. The summed E-state index contributed by atoms with van der Waals surface area (Å²) < 4.78 is 4.89. The molecule has 0 spiro atoms. The predicted molar refractivity (Wildman–Crippen MR) is 241 cm³/mol. The average molecular weight is 728 g/mol. The fourth-order valence-electron chi connectivity index (χ4n) is 8.67. The van der Waals surface area contributed by atoms with Gasteiger partial charge in [-0.15, -0.1) is 0 Å². The molecule has 0 amide bonds. The summed E-state index contributed by atoms with van der Waals surface area (Å²) in [5.41, 5.74) is 15.1. The molecule has 0 radical (unpaired) electrons. The minimum atomic E-state index is 1.11. The molecule has 0 aliphatic heterocycles. The van der Waals surface area contributed by atoms with Crippen LogP contribution in [0.1, 0.15) is 0 Å². The molecular weight excluding hydrogens is 691 g/mol. The molecule has 3 nitrogen and oxygen atoms in total. The second-order valence-electron chi connectivity index (χ2n) is 14.6.